The van der Waals surface area contributed by atoms with Gasteiger partial charge in [-0.1, -0.05) is 18.2 Å². The Kier molecular flexibility index (Phi) is 2.77. The van der Waals surface area contributed by atoms with Crippen LogP contribution in [0.4, 0.5) is 0 Å². The van der Waals surface area contributed by atoms with Gasteiger partial charge >= 0.3 is 0 Å². The Morgan fingerprint density at radius 2 is 1.95 bits per heavy atom. The van der Waals surface area contributed by atoms with Crippen LogP contribution in [0, 0.1) is 0 Å². The number of hydrogen-bond acceptors (Lipinski definition) is 5. The lowest BCUT2D eigenvalue weighted by Gasteiger charge is -2.05. The largest absolute Gasteiger partial charge is 0.300 e. The zero-order valence-electron chi connectivity index (χ0n) is 10.6. The van der Waals surface area contributed by atoms with E-state index in [-0.39, 0.29) is 5.16 Å². The minimum atomic E-state index is -3.90. The standard InChI is InChI=1S/C12H11N5O2S/c1-17-11(15-16-12(17)20(13,18)19)9-4-2-6-10-8(9)5-3-7-14-10/h2-7H,1H3,(H2,13,18,19). The maximum Gasteiger partial charge on any atom is 0.273 e. The molecule has 7 nitrogen and oxygen atoms in total. The summed E-state index contributed by atoms with van der Waals surface area (Å²) in [5.41, 5.74) is 1.55. The zero-order valence-corrected chi connectivity index (χ0v) is 11.4. The first-order chi connectivity index (χ1) is 9.48. The molecule has 0 aliphatic carbocycles. The molecule has 0 saturated carbocycles. The van der Waals surface area contributed by atoms with Crippen LogP contribution in [0.5, 0.6) is 0 Å². The van der Waals surface area contributed by atoms with E-state index in [0.717, 1.165) is 16.5 Å². The molecule has 3 rings (SSSR count). The molecule has 0 amide bonds. The van der Waals surface area contributed by atoms with Gasteiger partial charge in [0, 0.05) is 24.2 Å². The maximum atomic E-state index is 11.4. The molecular weight excluding hydrogens is 278 g/mol. The Morgan fingerprint density at radius 3 is 2.65 bits per heavy atom. The van der Waals surface area contributed by atoms with E-state index in [1.54, 1.807) is 13.2 Å². The normalized spacial score (nSPS) is 11.9. The van der Waals surface area contributed by atoms with E-state index in [2.05, 4.69) is 15.2 Å². The van der Waals surface area contributed by atoms with E-state index in [1.165, 1.54) is 4.57 Å². The molecule has 0 aliphatic rings. The van der Waals surface area contributed by atoms with Gasteiger partial charge in [0.15, 0.2) is 5.82 Å². The Bertz CT molecular complexity index is 896. The molecule has 8 heteroatoms. The lowest BCUT2D eigenvalue weighted by atomic mass is 10.1. The minimum Gasteiger partial charge on any atom is -0.300 e. The van der Waals surface area contributed by atoms with Gasteiger partial charge in [-0.2, -0.15) is 0 Å². The molecule has 1 aromatic carbocycles. The van der Waals surface area contributed by atoms with Crippen LogP contribution in [0.3, 0.4) is 0 Å². The van der Waals surface area contributed by atoms with Gasteiger partial charge in [0.25, 0.3) is 15.2 Å². The van der Waals surface area contributed by atoms with Gasteiger partial charge in [0.05, 0.1) is 5.52 Å². The van der Waals surface area contributed by atoms with Crippen LogP contribution in [0.15, 0.2) is 41.7 Å². The fraction of sp³-hybridized carbons (Fsp3) is 0.0833. The Hall–Kier alpha value is -2.32. The molecule has 0 saturated heterocycles. The van der Waals surface area contributed by atoms with Gasteiger partial charge in [-0.25, -0.2) is 13.6 Å². The number of aromatic nitrogens is 4. The van der Waals surface area contributed by atoms with Crippen molar-refractivity contribution in [1.29, 1.82) is 0 Å². The van der Waals surface area contributed by atoms with E-state index in [0.29, 0.717) is 5.82 Å². The molecule has 0 fully saturated rings. The molecular formula is C12H11N5O2S. The van der Waals surface area contributed by atoms with Gasteiger partial charge in [0.1, 0.15) is 0 Å². The third-order valence-corrected chi connectivity index (χ3v) is 3.84. The third-order valence-electron chi connectivity index (χ3n) is 2.98. The lowest BCUT2D eigenvalue weighted by Crippen LogP contribution is -2.17. The second-order valence-corrected chi connectivity index (χ2v) is 5.74. The monoisotopic (exact) mass is 289 g/mol. The summed E-state index contributed by atoms with van der Waals surface area (Å²) in [5, 5.41) is 13.3. The molecule has 2 aromatic heterocycles. The highest BCUT2D eigenvalue weighted by Gasteiger charge is 2.20. The van der Waals surface area contributed by atoms with Crippen LogP contribution in [0.2, 0.25) is 0 Å². The maximum absolute atomic E-state index is 11.4. The van der Waals surface area contributed by atoms with Crippen molar-refractivity contribution >= 4 is 20.9 Å². The van der Waals surface area contributed by atoms with Crippen molar-refractivity contribution in [3.8, 4) is 11.4 Å². The summed E-state index contributed by atoms with van der Waals surface area (Å²) in [6, 6.07) is 9.23. The van der Waals surface area contributed by atoms with Crippen LogP contribution < -0.4 is 5.14 Å². The smallest absolute Gasteiger partial charge is 0.273 e. The first-order valence-electron chi connectivity index (χ1n) is 5.75. The van der Waals surface area contributed by atoms with Gasteiger partial charge in [-0.15, -0.1) is 10.2 Å². The molecule has 0 aliphatic heterocycles. The average Bonchev–Trinajstić information content (AvgIpc) is 2.80. The van der Waals surface area contributed by atoms with E-state index in [9.17, 15) is 8.42 Å². The summed E-state index contributed by atoms with van der Waals surface area (Å²) in [6.07, 6.45) is 1.69. The fourth-order valence-corrected chi connectivity index (χ4v) is 2.72. The molecule has 2 N–H and O–H groups in total. The van der Waals surface area contributed by atoms with Gasteiger partial charge in [-0.05, 0) is 12.1 Å². The van der Waals surface area contributed by atoms with Crippen molar-refractivity contribution in [2.45, 2.75) is 5.16 Å². The number of pyridine rings is 1. The number of nitrogens with two attached hydrogens (primary N) is 1. The number of fused-ring (bicyclic) bond motifs is 1. The van der Waals surface area contributed by atoms with Crippen molar-refractivity contribution in [3.05, 3.63) is 36.5 Å². The molecule has 2 heterocycles. The summed E-state index contributed by atoms with van der Waals surface area (Å²) in [5.74, 6) is 0.424. The number of hydrogen-bond donors (Lipinski definition) is 1. The first kappa shape index (κ1) is 12.7. The van der Waals surface area contributed by atoms with Crippen molar-refractivity contribution in [1.82, 2.24) is 19.7 Å². The molecule has 20 heavy (non-hydrogen) atoms. The van der Waals surface area contributed by atoms with Crippen molar-refractivity contribution in [2.75, 3.05) is 0 Å². The highest BCUT2D eigenvalue weighted by molar-refractivity contribution is 7.89. The molecule has 3 aromatic rings. The van der Waals surface area contributed by atoms with Gasteiger partial charge in [0.2, 0.25) is 0 Å². The second-order valence-electron chi connectivity index (χ2n) is 4.29. The van der Waals surface area contributed by atoms with E-state index >= 15 is 0 Å². The van der Waals surface area contributed by atoms with Gasteiger partial charge in [-0.3, -0.25) is 9.55 Å². The Balaban J connectivity index is 2.30. The fourth-order valence-electron chi connectivity index (χ4n) is 2.10. The number of rotatable bonds is 2. The SMILES string of the molecule is Cn1c(-c2cccc3ncccc23)nnc1S(N)(=O)=O. The predicted molar refractivity (Wildman–Crippen MR) is 73.1 cm³/mol. The quantitative estimate of drug-likeness (QED) is 0.747. The minimum absolute atomic E-state index is 0.270. The summed E-state index contributed by atoms with van der Waals surface area (Å²) >= 11 is 0. The summed E-state index contributed by atoms with van der Waals surface area (Å²) in [7, 11) is -2.34. The highest BCUT2D eigenvalue weighted by Crippen LogP contribution is 2.26. The molecule has 0 spiro atoms. The molecule has 0 atom stereocenters. The van der Waals surface area contributed by atoms with E-state index in [1.807, 2.05) is 30.3 Å². The number of primary sulfonamides is 1. The summed E-state index contributed by atoms with van der Waals surface area (Å²) < 4.78 is 24.2. The van der Waals surface area contributed by atoms with Crippen molar-refractivity contribution in [3.63, 3.8) is 0 Å². The molecule has 0 bridgehead atoms. The predicted octanol–water partition coefficient (Wildman–Crippen LogP) is 0.678. The molecule has 0 radical (unpaired) electrons. The number of sulfonamides is 1. The number of nitrogens with zero attached hydrogens (tertiary/aromatic N) is 4. The van der Waals surface area contributed by atoms with Crippen LogP contribution in [0.25, 0.3) is 22.3 Å². The van der Waals surface area contributed by atoms with Crippen molar-refractivity contribution in [2.24, 2.45) is 12.2 Å². The van der Waals surface area contributed by atoms with Crippen molar-refractivity contribution < 1.29 is 8.42 Å². The van der Waals surface area contributed by atoms with E-state index in [4.69, 9.17) is 5.14 Å². The van der Waals surface area contributed by atoms with Crippen LogP contribution in [-0.4, -0.2) is 28.2 Å². The lowest BCUT2D eigenvalue weighted by molar-refractivity contribution is 0.580. The topological polar surface area (TPSA) is 104 Å². The third kappa shape index (κ3) is 1.95. The van der Waals surface area contributed by atoms with Crippen LogP contribution >= 0.6 is 0 Å². The highest BCUT2D eigenvalue weighted by atomic mass is 32.2. The number of benzene rings is 1. The molecule has 102 valence electrons. The zero-order chi connectivity index (χ0) is 14.3. The summed E-state index contributed by atoms with van der Waals surface area (Å²) in [4.78, 5) is 4.25. The molecule has 0 unspecified atom stereocenters. The van der Waals surface area contributed by atoms with E-state index < -0.39 is 10.0 Å². The average molecular weight is 289 g/mol. The second kappa shape index (κ2) is 4.36. The summed E-state index contributed by atoms with van der Waals surface area (Å²) in [6.45, 7) is 0. The Morgan fingerprint density at radius 1 is 1.15 bits per heavy atom. The Labute approximate surface area is 115 Å². The van der Waals surface area contributed by atoms with Crippen LogP contribution in [-0.2, 0) is 17.1 Å². The first-order valence-corrected chi connectivity index (χ1v) is 7.29. The van der Waals surface area contributed by atoms with Gasteiger partial charge < -0.3 is 0 Å². The van der Waals surface area contributed by atoms with Crippen LogP contribution in [0.1, 0.15) is 0 Å².